The Balaban J connectivity index is 2.07. The number of rotatable bonds is 4. The van der Waals surface area contributed by atoms with Crippen LogP contribution in [0, 0.1) is 0 Å². The number of nitrogens with two attached hydrogens (primary N) is 1. The van der Waals surface area contributed by atoms with E-state index in [9.17, 15) is 9.90 Å². The van der Waals surface area contributed by atoms with Gasteiger partial charge in [-0.3, -0.25) is 4.79 Å². The summed E-state index contributed by atoms with van der Waals surface area (Å²) >= 11 is 0. The molecule has 0 aliphatic heterocycles. The Bertz CT molecular complexity index is 592. The molecule has 2 aromatic rings. The summed E-state index contributed by atoms with van der Waals surface area (Å²) in [6, 6.07) is 14.4. The topological polar surface area (TPSA) is 75.3 Å². The van der Waals surface area contributed by atoms with Crippen LogP contribution in [0.15, 0.2) is 48.5 Å². The minimum atomic E-state index is -0.622. The monoisotopic (exact) mass is 270 g/mol. The Kier molecular flexibility index (Phi) is 4.38. The first kappa shape index (κ1) is 14.1. The van der Waals surface area contributed by atoms with E-state index in [2.05, 4.69) is 5.32 Å². The molecule has 4 heteroatoms. The van der Waals surface area contributed by atoms with Gasteiger partial charge in [0.15, 0.2) is 0 Å². The minimum absolute atomic E-state index is 0.122. The Morgan fingerprint density at radius 3 is 2.50 bits per heavy atom. The second-order valence-electron chi connectivity index (χ2n) is 4.73. The largest absolute Gasteiger partial charge is 0.399 e. The van der Waals surface area contributed by atoms with Crippen LogP contribution in [-0.4, -0.2) is 11.0 Å². The number of aliphatic hydroxyl groups excluding tert-OH is 1. The predicted octanol–water partition coefficient (Wildman–Crippen LogP) is 2.50. The van der Waals surface area contributed by atoms with E-state index in [0.29, 0.717) is 16.9 Å². The smallest absolute Gasteiger partial charge is 0.228 e. The fraction of sp³-hybridized carbons (Fsp3) is 0.188. The highest BCUT2D eigenvalue weighted by Gasteiger charge is 2.10. The summed E-state index contributed by atoms with van der Waals surface area (Å²) in [6.45, 7) is 1.67. The summed E-state index contributed by atoms with van der Waals surface area (Å²) in [4.78, 5) is 12.0. The zero-order valence-corrected chi connectivity index (χ0v) is 11.3. The molecule has 0 radical (unpaired) electrons. The van der Waals surface area contributed by atoms with Crippen LogP contribution in [0.4, 0.5) is 11.4 Å². The second kappa shape index (κ2) is 6.21. The maximum absolute atomic E-state index is 12.0. The Hall–Kier alpha value is -2.33. The van der Waals surface area contributed by atoms with Crippen molar-refractivity contribution in [3.63, 3.8) is 0 Å². The van der Waals surface area contributed by atoms with E-state index < -0.39 is 6.10 Å². The molecule has 1 unspecified atom stereocenters. The van der Waals surface area contributed by atoms with Crippen LogP contribution in [0.25, 0.3) is 0 Å². The van der Waals surface area contributed by atoms with Crippen molar-refractivity contribution in [2.45, 2.75) is 19.4 Å². The molecule has 0 bridgehead atoms. The van der Waals surface area contributed by atoms with Crippen molar-refractivity contribution >= 4 is 17.3 Å². The summed E-state index contributed by atoms with van der Waals surface area (Å²) in [5.74, 6) is -0.122. The number of nitrogens with one attached hydrogen (secondary N) is 1. The number of carbonyl (C=O) groups excluding carboxylic acids is 1. The molecule has 20 heavy (non-hydrogen) atoms. The fourth-order valence-corrected chi connectivity index (χ4v) is 1.99. The van der Waals surface area contributed by atoms with Gasteiger partial charge in [0.1, 0.15) is 0 Å². The molecule has 0 spiro atoms. The number of benzene rings is 2. The summed E-state index contributed by atoms with van der Waals surface area (Å²) in [7, 11) is 0. The van der Waals surface area contributed by atoms with E-state index in [1.807, 2.05) is 24.3 Å². The molecule has 0 saturated carbocycles. The van der Waals surface area contributed by atoms with Crippen molar-refractivity contribution in [2.24, 2.45) is 0 Å². The van der Waals surface area contributed by atoms with Crippen molar-refractivity contribution in [1.82, 2.24) is 0 Å². The van der Waals surface area contributed by atoms with Crippen LogP contribution in [0.5, 0.6) is 0 Å². The highest BCUT2D eigenvalue weighted by molar-refractivity contribution is 5.93. The number of hydrogen-bond acceptors (Lipinski definition) is 3. The average Bonchev–Trinajstić information content (AvgIpc) is 2.41. The Morgan fingerprint density at radius 1 is 1.20 bits per heavy atom. The van der Waals surface area contributed by atoms with Crippen LogP contribution < -0.4 is 11.1 Å². The van der Waals surface area contributed by atoms with Gasteiger partial charge in [-0.1, -0.05) is 30.3 Å². The SMILES string of the molecule is CC(O)c1ccccc1NC(=O)Cc1ccc(N)cc1. The molecule has 0 fully saturated rings. The molecule has 2 rings (SSSR count). The van der Waals surface area contributed by atoms with Crippen molar-refractivity contribution < 1.29 is 9.90 Å². The molecular formula is C16H18N2O2. The van der Waals surface area contributed by atoms with Gasteiger partial charge in [-0.05, 0) is 30.7 Å². The lowest BCUT2D eigenvalue weighted by molar-refractivity contribution is -0.115. The average molecular weight is 270 g/mol. The van der Waals surface area contributed by atoms with E-state index in [4.69, 9.17) is 5.73 Å². The molecular weight excluding hydrogens is 252 g/mol. The molecule has 0 aliphatic carbocycles. The van der Waals surface area contributed by atoms with Crippen molar-refractivity contribution in [3.8, 4) is 0 Å². The third kappa shape index (κ3) is 3.59. The molecule has 2 aromatic carbocycles. The third-order valence-corrected chi connectivity index (χ3v) is 3.03. The predicted molar refractivity (Wildman–Crippen MR) is 80.3 cm³/mol. The van der Waals surface area contributed by atoms with Crippen LogP contribution in [-0.2, 0) is 11.2 Å². The van der Waals surface area contributed by atoms with Crippen molar-refractivity contribution in [2.75, 3.05) is 11.1 Å². The van der Waals surface area contributed by atoms with Gasteiger partial charge in [-0.25, -0.2) is 0 Å². The lowest BCUT2D eigenvalue weighted by Gasteiger charge is -2.13. The standard InChI is InChI=1S/C16H18N2O2/c1-11(19)14-4-2-3-5-15(14)18-16(20)10-12-6-8-13(17)9-7-12/h2-9,11,19H,10,17H2,1H3,(H,18,20). The van der Waals surface area contributed by atoms with Gasteiger partial charge >= 0.3 is 0 Å². The Labute approximate surface area is 118 Å². The quantitative estimate of drug-likeness (QED) is 0.747. The number of carbonyl (C=O) groups is 1. The van der Waals surface area contributed by atoms with E-state index in [1.54, 1.807) is 31.2 Å². The number of amides is 1. The van der Waals surface area contributed by atoms with Crippen LogP contribution in [0.3, 0.4) is 0 Å². The lowest BCUT2D eigenvalue weighted by Crippen LogP contribution is -2.16. The molecule has 0 aromatic heterocycles. The van der Waals surface area contributed by atoms with E-state index >= 15 is 0 Å². The van der Waals surface area contributed by atoms with Crippen molar-refractivity contribution in [1.29, 1.82) is 0 Å². The second-order valence-corrected chi connectivity index (χ2v) is 4.73. The number of anilines is 2. The molecule has 0 saturated heterocycles. The molecule has 0 heterocycles. The van der Waals surface area contributed by atoms with Gasteiger partial charge in [0.2, 0.25) is 5.91 Å². The summed E-state index contributed by atoms with van der Waals surface area (Å²) in [5.41, 5.74) is 8.52. The van der Waals surface area contributed by atoms with E-state index in [-0.39, 0.29) is 12.3 Å². The Morgan fingerprint density at radius 2 is 1.85 bits per heavy atom. The van der Waals surface area contributed by atoms with Gasteiger partial charge in [-0.15, -0.1) is 0 Å². The third-order valence-electron chi connectivity index (χ3n) is 3.03. The summed E-state index contributed by atoms with van der Waals surface area (Å²) in [6.07, 6.45) is -0.350. The summed E-state index contributed by atoms with van der Waals surface area (Å²) < 4.78 is 0. The van der Waals surface area contributed by atoms with Crippen LogP contribution in [0.1, 0.15) is 24.2 Å². The first-order chi connectivity index (χ1) is 9.56. The highest BCUT2D eigenvalue weighted by Crippen LogP contribution is 2.22. The van der Waals surface area contributed by atoms with Crippen LogP contribution in [0.2, 0.25) is 0 Å². The van der Waals surface area contributed by atoms with Crippen molar-refractivity contribution in [3.05, 3.63) is 59.7 Å². The summed E-state index contributed by atoms with van der Waals surface area (Å²) in [5, 5.41) is 12.5. The molecule has 1 atom stereocenters. The number of aliphatic hydroxyl groups is 1. The maximum atomic E-state index is 12.0. The minimum Gasteiger partial charge on any atom is -0.399 e. The number of nitrogen functional groups attached to an aromatic ring is 1. The number of hydrogen-bond donors (Lipinski definition) is 3. The van der Waals surface area contributed by atoms with Gasteiger partial charge in [0, 0.05) is 16.9 Å². The molecule has 0 aliphatic rings. The maximum Gasteiger partial charge on any atom is 0.228 e. The van der Waals surface area contributed by atoms with Crippen LogP contribution >= 0.6 is 0 Å². The zero-order chi connectivity index (χ0) is 14.5. The van der Waals surface area contributed by atoms with Gasteiger partial charge < -0.3 is 16.2 Å². The molecule has 104 valence electrons. The first-order valence-electron chi connectivity index (χ1n) is 6.47. The molecule has 1 amide bonds. The first-order valence-corrected chi connectivity index (χ1v) is 6.47. The fourth-order valence-electron chi connectivity index (χ4n) is 1.99. The molecule has 4 nitrogen and oxygen atoms in total. The lowest BCUT2D eigenvalue weighted by atomic mass is 10.1. The highest BCUT2D eigenvalue weighted by atomic mass is 16.3. The van der Waals surface area contributed by atoms with Gasteiger partial charge in [0.25, 0.3) is 0 Å². The van der Waals surface area contributed by atoms with Gasteiger partial charge in [0.05, 0.1) is 12.5 Å². The van der Waals surface area contributed by atoms with Gasteiger partial charge in [-0.2, -0.15) is 0 Å². The van der Waals surface area contributed by atoms with E-state index in [1.165, 1.54) is 0 Å². The zero-order valence-electron chi connectivity index (χ0n) is 11.3. The molecule has 4 N–H and O–H groups in total. The number of para-hydroxylation sites is 1. The van der Waals surface area contributed by atoms with E-state index in [0.717, 1.165) is 5.56 Å². The normalized spacial score (nSPS) is 11.9.